The maximum absolute atomic E-state index is 4.56. The predicted molar refractivity (Wildman–Crippen MR) is 86.9 cm³/mol. The van der Waals surface area contributed by atoms with Gasteiger partial charge in [0.05, 0.1) is 6.21 Å². The van der Waals surface area contributed by atoms with Gasteiger partial charge in [0.1, 0.15) is 11.1 Å². The van der Waals surface area contributed by atoms with E-state index in [1.54, 1.807) is 0 Å². The Kier molecular flexibility index (Phi) is 2.41. The molecule has 2 nitrogen and oxygen atoms in total. The fraction of sp³-hybridized carbons (Fsp3) is 0.211. The molecule has 2 aliphatic rings. The zero-order valence-electron chi connectivity index (χ0n) is 12.3. The molecule has 2 aliphatic heterocycles. The normalized spacial score (nSPS) is 29.8. The zero-order valence-corrected chi connectivity index (χ0v) is 12.3. The van der Waals surface area contributed by atoms with Gasteiger partial charge >= 0.3 is 0 Å². The Balaban J connectivity index is 1.89. The molecular weight excluding hydrogens is 256 g/mol. The van der Waals surface area contributed by atoms with E-state index in [0.717, 1.165) is 0 Å². The molecule has 2 heterocycles. The minimum Gasteiger partial charge on any atom is -0.267 e. The molecule has 104 valence electrons. The third kappa shape index (κ3) is 1.56. The quantitative estimate of drug-likeness (QED) is 0.806. The minimum absolute atomic E-state index is 0.105. The van der Waals surface area contributed by atoms with Gasteiger partial charge in [0.25, 0.3) is 0 Å². The molecule has 4 rings (SSSR count). The van der Waals surface area contributed by atoms with E-state index in [-0.39, 0.29) is 11.1 Å². The maximum atomic E-state index is 4.56. The average molecular weight is 274 g/mol. The highest BCUT2D eigenvalue weighted by Gasteiger charge is 2.55. The van der Waals surface area contributed by atoms with Crippen molar-refractivity contribution in [3.05, 3.63) is 77.9 Å². The molecule has 2 heteroatoms. The molecule has 0 aromatic heterocycles. The molecule has 2 atom stereocenters. The lowest BCUT2D eigenvalue weighted by atomic mass is 9.88. The number of hydrazone groups is 1. The van der Waals surface area contributed by atoms with Crippen LogP contribution in [0.4, 0.5) is 0 Å². The van der Waals surface area contributed by atoms with Crippen LogP contribution in [0, 0.1) is 0 Å². The Labute approximate surface area is 125 Å². The van der Waals surface area contributed by atoms with E-state index in [4.69, 9.17) is 0 Å². The largest absolute Gasteiger partial charge is 0.267 e. The molecule has 0 saturated heterocycles. The second-order valence-electron chi connectivity index (χ2n) is 6.14. The summed E-state index contributed by atoms with van der Waals surface area (Å²) in [5.41, 5.74) is 3.60. The van der Waals surface area contributed by atoms with Crippen LogP contribution in [-0.2, 0) is 5.54 Å². The smallest absolute Gasteiger partial charge is 0.118 e. The van der Waals surface area contributed by atoms with Gasteiger partial charge in [-0.3, -0.25) is 5.01 Å². The van der Waals surface area contributed by atoms with Gasteiger partial charge < -0.3 is 0 Å². The first-order valence-corrected chi connectivity index (χ1v) is 7.34. The van der Waals surface area contributed by atoms with Gasteiger partial charge in [0, 0.05) is 0 Å². The van der Waals surface area contributed by atoms with Crippen molar-refractivity contribution < 1.29 is 0 Å². The summed E-state index contributed by atoms with van der Waals surface area (Å²) in [4.78, 5) is 0. The molecular formula is C19H18N2. The average Bonchev–Trinajstić information content (AvgIpc) is 2.67. The fourth-order valence-corrected chi connectivity index (χ4v) is 3.54. The molecule has 2 aromatic rings. The van der Waals surface area contributed by atoms with Crippen molar-refractivity contribution in [2.24, 2.45) is 5.10 Å². The number of rotatable bonds is 2. The van der Waals surface area contributed by atoms with Crippen LogP contribution in [0.15, 0.2) is 71.8 Å². The van der Waals surface area contributed by atoms with Crippen molar-refractivity contribution in [1.82, 2.24) is 5.01 Å². The number of fused-ring (bicyclic) bond motifs is 1. The van der Waals surface area contributed by atoms with Gasteiger partial charge in [-0.25, -0.2) is 0 Å². The van der Waals surface area contributed by atoms with E-state index in [1.807, 2.05) is 0 Å². The van der Waals surface area contributed by atoms with E-state index in [1.165, 1.54) is 16.7 Å². The summed E-state index contributed by atoms with van der Waals surface area (Å²) in [6, 6.07) is 21.2. The summed E-state index contributed by atoms with van der Waals surface area (Å²) in [7, 11) is 0. The lowest BCUT2D eigenvalue weighted by molar-refractivity contribution is 0.0915. The van der Waals surface area contributed by atoms with Crippen LogP contribution in [0.1, 0.15) is 25.0 Å². The minimum atomic E-state index is -0.185. The standard InChI is InChI=1S/C19H18N2/c1-18(16-11-7-4-8-12-16)13-17(15-9-5-3-6-10-15)19(2)14-20-21(18)19/h3-14H,1-2H3. The summed E-state index contributed by atoms with van der Waals surface area (Å²) in [6.07, 6.45) is 4.42. The van der Waals surface area contributed by atoms with Crippen LogP contribution in [-0.4, -0.2) is 16.8 Å². The third-order valence-electron chi connectivity index (χ3n) is 4.72. The number of nitrogens with zero attached hydrogens (tertiary/aromatic N) is 2. The van der Waals surface area contributed by atoms with Crippen LogP contribution in [0.25, 0.3) is 5.57 Å². The monoisotopic (exact) mass is 274 g/mol. The molecule has 0 amide bonds. The number of hydrogen-bond acceptors (Lipinski definition) is 2. The van der Waals surface area contributed by atoms with Gasteiger partial charge in [-0.1, -0.05) is 60.7 Å². The molecule has 2 aromatic carbocycles. The van der Waals surface area contributed by atoms with Gasteiger partial charge in [-0.05, 0) is 36.6 Å². The van der Waals surface area contributed by atoms with Crippen LogP contribution in [0.3, 0.4) is 0 Å². The van der Waals surface area contributed by atoms with Crippen LogP contribution >= 0.6 is 0 Å². The molecule has 0 spiro atoms. The molecule has 21 heavy (non-hydrogen) atoms. The van der Waals surface area contributed by atoms with E-state index < -0.39 is 0 Å². The summed E-state index contributed by atoms with van der Waals surface area (Å²) < 4.78 is 0. The third-order valence-corrected chi connectivity index (χ3v) is 4.72. The maximum Gasteiger partial charge on any atom is 0.118 e. The Morgan fingerprint density at radius 1 is 0.810 bits per heavy atom. The molecule has 0 fully saturated rings. The summed E-state index contributed by atoms with van der Waals surface area (Å²) in [5, 5.41) is 6.78. The first kappa shape index (κ1) is 12.4. The fourth-order valence-electron chi connectivity index (χ4n) is 3.54. The molecule has 0 radical (unpaired) electrons. The van der Waals surface area contributed by atoms with Gasteiger partial charge in [0.15, 0.2) is 0 Å². The highest BCUT2D eigenvalue weighted by molar-refractivity contribution is 5.97. The van der Waals surface area contributed by atoms with E-state index >= 15 is 0 Å². The highest BCUT2D eigenvalue weighted by Crippen LogP contribution is 2.52. The molecule has 0 aliphatic carbocycles. The number of hydrogen-bond donors (Lipinski definition) is 0. The molecule has 0 N–H and O–H groups in total. The van der Waals surface area contributed by atoms with E-state index in [9.17, 15) is 0 Å². The number of benzene rings is 2. The van der Waals surface area contributed by atoms with Crippen LogP contribution < -0.4 is 0 Å². The Morgan fingerprint density at radius 3 is 2.00 bits per heavy atom. The van der Waals surface area contributed by atoms with Crippen molar-refractivity contribution in [2.45, 2.75) is 24.9 Å². The van der Waals surface area contributed by atoms with E-state index in [0.29, 0.717) is 0 Å². The van der Waals surface area contributed by atoms with Crippen molar-refractivity contribution in [3.63, 3.8) is 0 Å². The Morgan fingerprint density at radius 2 is 1.43 bits per heavy atom. The Hall–Kier alpha value is -2.35. The summed E-state index contributed by atoms with van der Waals surface area (Å²) >= 11 is 0. The van der Waals surface area contributed by atoms with Crippen molar-refractivity contribution >= 4 is 11.8 Å². The van der Waals surface area contributed by atoms with Gasteiger partial charge in [-0.2, -0.15) is 5.10 Å². The predicted octanol–water partition coefficient (Wildman–Crippen LogP) is 4.06. The SMILES string of the molecule is CC12C=NN1C(C)(c1ccccc1)C=C2c1ccccc1. The second kappa shape index (κ2) is 4.08. The molecule has 0 bridgehead atoms. The van der Waals surface area contributed by atoms with Crippen LogP contribution in [0.2, 0.25) is 0 Å². The second-order valence-corrected chi connectivity index (χ2v) is 6.14. The molecule has 2 unspecified atom stereocenters. The first-order valence-electron chi connectivity index (χ1n) is 7.34. The van der Waals surface area contributed by atoms with Gasteiger partial charge in [0.2, 0.25) is 0 Å². The molecule has 0 saturated carbocycles. The first-order chi connectivity index (χ1) is 10.1. The zero-order chi connectivity index (χ0) is 14.5. The van der Waals surface area contributed by atoms with Crippen molar-refractivity contribution in [3.8, 4) is 0 Å². The van der Waals surface area contributed by atoms with Crippen LogP contribution in [0.5, 0.6) is 0 Å². The van der Waals surface area contributed by atoms with Crippen molar-refractivity contribution in [1.29, 1.82) is 0 Å². The topological polar surface area (TPSA) is 15.6 Å². The van der Waals surface area contributed by atoms with Crippen molar-refractivity contribution in [2.75, 3.05) is 0 Å². The van der Waals surface area contributed by atoms with E-state index in [2.05, 4.69) is 96.9 Å². The lowest BCUT2D eigenvalue weighted by Gasteiger charge is -2.47. The summed E-state index contributed by atoms with van der Waals surface area (Å²) in [6.45, 7) is 4.49. The Bertz CT molecular complexity index is 733. The lowest BCUT2D eigenvalue weighted by Crippen LogP contribution is -2.55. The van der Waals surface area contributed by atoms with Gasteiger partial charge in [-0.15, -0.1) is 0 Å². The highest BCUT2D eigenvalue weighted by atomic mass is 15.6. The summed E-state index contributed by atoms with van der Waals surface area (Å²) in [5.74, 6) is 0.